The maximum Gasteiger partial charge on any atom is 0.326 e. The second kappa shape index (κ2) is 5.97. The van der Waals surface area contributed by atoms with Crippen LogP contribution in [0.3, 0.4) is 0 Å². The van der Waals surface area contributed by atoms with Crippen LogP contribution in [0.1, 0.15) is 29.7 Å². The minimum Gasteiger partial charge on any atom is -0.480 e. The van der Waals surface area contributed by atoms with E-state index in [9.17, 15) is 14.7 Å². The minimum atomic E-state index is -0.893. The van der Waals surface area contributed by atoms with Crippen molar-refractivity contribution in [2.45, 2.75) is 31.8 Å². The maximum atomic E-state index is 11.9. The monoisotopic (exact) mass is 300 g/mol. The summed E-state index contributed by atoms with van der Waals surface area (Å²) in [6.07, 6.45) is 1.40. The van der Waals surface area contributed by atoms with Crippen molar-refractivity contribution in [3.8, 4) is 0 Å². The van der Waals surface area contributed by atoms with Gasteiger partial charge in [0.2, 0.25) is 5.91 Å². The van der Waals surface area contributed by atoms with E-state index in [0.717, 1.165) is 5.56 Å². The van der Waals surface area contributed by atoms with Gasteiger partial charge in [-0.1, -0.05) is 30.3 Å². The lowest BCUT2D eigenvalue weighted by Gasteiger charge is -2.11. The molecule has 7 nitrogen and oxygen atoms in total. The fraction of sp³-hybridized carbons (Fsp3) is 0.333. The van der Waals surface area contributed by atoms with Gasteiger partial charge in [-0.3, -0.25) is 9.36 Å². The predicted molar refractivity (Wildman–Crippen MR) is 77.0 cm³/mol. The number of carboxylic acid groups (broad SMARTS) is 1. The summed E-state index contributed by atoms with van der Waals surface area (Å²) >= 11 is 0. The van der Waals surface area contributed by atoms with Crippen molar-refractivity contribution in [3.05, 3.63) is 47.5 Å². The first-order valence-corrected chi connectivity index (χ1v) is 7.11. The van der Waals surface area contributed by atoms with Crippen LogP contribution < -0.4 is 5.32 Å². The first-order chi connectivity index (χ1) is 10.6. The number of carbonyl (C=O) groups is 2. The summed E-state index contributed by atoms with van der Waals surface area (Å²) in [7, 11) is 0. The van der Waals surface area contributed by atoms with Crippen molar-refractivity contribution in [2.24, 2.45) is 0 Å². The standard InChI is InChI=1S/C15H16N4O3/c20-14(8-10-4-2-1-3-5-10)16-9-13-18-17-12-7-6-11(15(21)22)19(12)13/h1-5,11H,6-9H2,(H,16,20)(H,21,22). The molecule has 1 aromatic heterocycles. The van der Waals surface area contributed by atoms with Gasteiger partial charge in [-0.25, -0.2) is 4.79 Å². The largest absolute Gasteiger partial charge is 0.480 e. The molecule has 2 aromatic rings. The summed E-state index contributed by atoms with van der Waals surface area (Å²) in [6.45, 7) is 0.183. The van der Waals surface area contributed by atoms with Gasteiger partial charge in [0.15, 0.2) is 5.82 Å². The molecule has 1 atom stereocenters. The van der Waals surface area contributed by atoms with Gasteiger partial charge in [0.05, 0.1) is 13.0 Å². The first-order valence-electron chi connectivity index (χ1n) is 7.11. The van der Waals surface area contributed by atoms with E-state index >= 15 is 0 Å². The fourth-order valence-corrected chi connectivity index (χ4v) is 2.66. The smallest absolute Gasteiger partial charge is 0.326 e. The van der Waals surface area contributed by atoms with Crippen molar-refractivity contribution in [1.29, 1.82) is 0 Å². The number of amides is 1. The van der Waals surface area contributed by atoms with Gasteiger partial charge in [-0.05, 0) is 12.0 Å². The van der Waals surface area contributed by atoms with Crippen LogP contribution in [0.15, 0.2) is 30.3 Å². The van der Waals surface area contributed by atoms with Crippen LogP contribution in [0.25, 0.3) is 0 Å². The van der Waals surface area contributed by atoms with E-state index in [4.69, 9.17) is 0 Å². The van der Waals surface area contributed by atoms with Crippen LogP contribution in [0.5, 0.6) is 0 Å². The summed E-state index contributed by atoms with van der Waals surface area (Å²) in [5, 5.41) is 20.0. The van der Waals surface area contributed by atoms with Crippen molar-refractivity contribution in [2.75, 3.05) is 0 Å². The molecule has 1 amide bonds. The van der Waals surface area contributed by atoms with Crippen LogP contribution in [-0.2, 0) is 29.0 Å². The number of aromatic nitrogens is 3. The Morgan fingerprint density at radius 3 is 2.77 bits per heavy atom. The lowest BCUT2D eigenvalue weighted by molar-refractivity contribution is -0.140. The molecule has 0 saturated carbocycles. The Bertz CT molecular complexity index is 696. The van der Waals surface area contributed by atoms with Crippen molar-refractivity contribution >= 4 is 11.9 Å². The zero-order valence-electron chi connectivity index (χ0n) is 11.9. The molecule has 7 heteroatoms. The molecule has 0 radical (unpaired) electrons. The van der Waals surface area contributed by atoms with Crippen LogP contribution in [-0.4, -0.2) is 31.7 Å². The highest BCUT2D eigenvalue weighted by Crippen LogP contribution is 2.26. The molecule has 0 fully saturated rings. The molecule has 1 aromatic carbocycles. The summed E-state index contributed by atoms with van der Waals surface area (Å²) in [4.78, 5) is 23.2. The van der Waals surface area contributed by atoms with Crippen molar-refractivity contribution in [3.63, 3.8) is 0 Å². The molecule has 1 aliphatic rings. The van der Waals surface area contributed by atoms with Crippen molar-refractivity contribution in [1.82, 2.24) is 20.1 Å². The lowest BCUT2D eigenvalue weighted by Crippen LogP contribution is -2.27. The molecule has 22 heavy (non-hydrogen) atoms. The third-order valence-electron chi connectivity index (χ3n) is 3.73. The first kappa shape index (κ1) is 14.2. The van der Waals surface area contributed by atoms with Gasteiger partial charge >= 0.3 is 5.97 Å². The third kappa shape index (κ3) is 2.83. The van der Waals surface area contributed by atoms with Crippen molar-refractivity contribution < 1.29 is 14.7 Å². The second-order valence-corrected chi connectivity index (χ2v) is 5.23. The quantitative estimate of drug-likeness (QED) is 0.847. The number of fused-ring (bicyclic) bond motifs is 1. The number of carbonyl (C=O) groups excluding carboxylic acids is 1. The highest BCUT2D eigenvalue weighted by Gasteiger charge is 2.31. The number of nitrogens with zero attached hydrogens (tertiary/aromatic N) is 3. The topological polar surface area (TPSA) is 97.1 Å². The Morgan fingerprint density at radius 1 is 1.27 bits per heavy atom. The van der Waals surface area contributed by atoms with Gasteiger partial charge in [-0.2, -0.15) is 0 Å². The molecule has 0 bridgehead atoms. The average molecular weight is 300 g/mol. The Morgan fingerprint density at radius 2 is 2.05 bits per heavy atom. The molecular weight excluding hydrogens is 284 g/mol. The Hall–Kier alpha value is -2.70. The lowest BCUT2D eigenvalue weighted by atomic mass is 10.1. The molecule has 1 aliphatic heterocycles. The number of benzene rings is 1. The van der Waals surface area contributed by atoms with Gasteiger partial charge in [-0.15, -0.1) is 10.2 Å². The maximum absolute atomic E-state index is 11.9. The van der Waals surface area contributed by atoms with E-state index in [1.54, 1.807) is 4.57 Å². The van der Waals surface area contributed by atoms with Gasteiger partial charge < -0.3 is 10.4 Å². The normalized spacial score (nSPS) is 16.3. The number of carboxylic acids is 1. The molecule has 1 unspecified atom stereocenters. The number of aryl methyl sites for hydroxylation is 1. The number of nitrogens with one attached hydrogen (secondary N) is 1. The zero-order valence-corrected chi connectivity index (χ0v) is 11.9. The van der Waals surface area contributed by atoms with Crippen LogP contribution in [0.4, 0.5) is 0 Å². The Labute approximate surface area is 127 Å². The van der Waals surface area contributed by atoms with E-state index < -0.39 is 12.0 Å². The highest BCUT2D eigenvalue weighted by molar-refractivity contribution is 5.78. The molecule has 0 aliphatic carbocycles. The van der Waals surface area contributed by atoms with Gasteiger partial charge in [0.1, 0.15) is 11.9 Å². The molecule has 0 saturated heterocycles. The fourth-order valence-electron chi connectivity index (χ4n) is 2.66. The molecular formula is C15H16N4O3. The van der Waals surface area contributed by atoms with E-state index in [0.29, 0.717) is 24.5 Å². The van der Waals surface area contributed by atoms with E-state index in [2.05, 4.69) is 15.5 Å². The van der Waals surface area contributed by atoms with E-state index in [-0.39, 0.29) is 18.9 Å². The van der Waals surface area contributed by atoms with E-state index in [1.165, 1.54) is 0 Å². The molecule has 2 heterocycles. The SMILES string of the molecule is O=C(Cc1ccccc1)NCc1nnc2n1C(C(=O)O)CC2. The third-order valence-corrected chi connectivity index (χ3v) is 3.73. The van der Waals surface area contributed by atoms with Gasteiger partial charge in [0, 0.05) is 6.42 Å². The number of hydrogen-bond donors (Lipinski definition) is 2. The molecule has 2 N–H and O–H groups in total. The highest BCUT2D eigenvalue weighted by atomic mass is 16.4. The molecule has 3 rings (SSSR count). The number of rotatable bonds is 5. The average Bonchev–Trinajstić information content (AvgIpc) is 3.08. The van der Waals surface area contributed by atoms with Crippen LogP contribution in [0.2, 0.25) is 0 Å². The van der Waals surface area contributed by atoms with Crippen LogP contribution in [0, 0.1) is 0 Å². The second-order valence-electron chi connectivity index (χ2n) is 5.23. The summed E-state index contributed by atoms with van der Waals surface area (Å²) in [5.74, 6) is 0.129. The summed E-state index contributed by atoms with van der Waals surface area (Å²) < 4.78 is 1.62. The van der Waals surface area contributed by atoms with Crippen LogP contribution >= 0.6 is 0 Å². The summed E-state index contributed by atoms with van der Waals surface area (Å²) in [5.41, 5.74) is 0.926. The summed E-state index contributed by atoms with van der Waals surface area (Å²) in [6, 6.07) is 8.79. The predicted octanol–water partition coefficient (Wildman–Crippen LogP) is 0.709. The van der Waals surface area contributed by atoms with E-state index in [1.807, 2.05) is 30.3 Å². The molecule has 114 valence electrons. The minimum absolute atomic E-state index is 0.131. The van der Waals surface area contributed by atoms with Gasteiger partial charge in [0.25, 0.3) is 0 Å². The molecule has 0 spiro atoms. The zero-order chi connectivity index (χ0) is 15.5. The number of aliphatic carboxylic acids is 1. The Balaban J connectivity index is 1.63. The number of hydrogen-bond acceptors (Lipinski definition) is 4. The Kier molecular flexibility index (Phi) is 3.86.